The standard InChI is InChI=1S/C10H13N4O3S.O.Tc/c15-9(7-5-11-1-2-12-7)14-4-3-13-8(6-18)10(16)17;;/h1-2,5,8,18H,3-4,6H2,(H,14,15)(H,16,17);;/q-1;-2;+6/p-3/i;;1+1. The molecule has 1 aromatic rings. The van der Waals surface area contributed by atoms with Gasteiger partial charge in [-0.15, -0.1) is 12.6 Å². The molecule has 0 amide bonds. The van der Waals surface area contributed by atoms with E-state index < -0.39 is 17.9 Å². The minimum absolute atomic E-state index is 0. The molecule has 107 valence electrons. The summed E-state index contributed by atoms with van der Waals surface area (Å²) >= 11 is 4.60. The molecular weight excluding hydrogens is 371 g/mol. The van der Waals surface area contributed by atoms with Crippen LogP contribution in [0.25, 0.3) is 5.32 Å². The van der Waals surface area contributed by atoms with Crippen LogP contribution in [0, 0.1) is 0 Å². The second-order valence-electron chi connectivity index (χ2n) is 3.19. The minimum Gasteiger partial charge on any atom is -2.00 e. The third-order valence-corrected chi connectivity index (χ3v) is 2.23. The van der Waals surface area contributed by atoms with Gasteiger partial charge in [0.2, 0.25) is 0 Å². The van der Waals surface area contributed by atoms with Crippen molar-refractivity contribution in [1.82, 2.24) is 9.97 Å². The molecule has 8 nitrogen and oxygen atoms in total. The Kier molecular flexibility index (Phi) is 12.5. The van der Waals surface area contributed by atoms with Gasteiger partial charge in [-0.25, -0.2) is 0 Å². The minimum atomic E-state index is -1.31. The van der Waals surface area contributed by atoms with Crippen molar-refractivity contribution < 1.29 is 40.6 Å². The second kappa shape index (κ2) is 11.7. The molecule has 0 aliphatic rings. The molecule has 0 aliphatic heterocycles. The molecule has 20 heavy (non-hydrogen) atoms. The smallest absolute Gasteiger partial charge is 2.00 e. The number of aliphatic imine (C=N–C) groups is 1. The fourth-order valence-corrected chi connectivity index (χ4v) is 1.29. The molecule has 0 fully saturated rings. The number of rotatable bonds is 7. The third-order valence-electron chi connectivity index (χ3n) is 1.92. The van der Waals surface area contributed by atoms with Gasteiger partial charge >= 0.3 is 20.1 Å². The summed E-state index contributed by atoms with van der Waals surface area (Å²) < 4.78 is 0. The quantitative estimate of drug-likeness (QED) is 0.221. The fourth-order valence-electron chi connectivity index (χ4n) is 1.05. The molecule has 0 N–H and O–H groups in total. The third kappa shape index (κ3) is 7.51. The molecule has 1 rings (SSSR count). The maximum atomic E-state index is 11.4. The molecule has 1 unspecified atom stereocenters. The zero-order chi connectivity index (χ0) is 13.4. The summed E-state index contributed by atoms with van der Waals surface area (Å²) in [5.41, 5.74) is 0.136. The number of carbonyl (C=O) groups excluding carboxylic acids is 1. The van der Waals surface area contributed by atoms with Gasteiger partial charge < -0.3 is 43.4 Å². The first-order chi connectivity index (χ1) is 8.65. The van der Waals surface area contributed by atoms with Gasteiger partial charge in [0.15, 0.2) is 0 Å². The van der Waals surface area contributed by atoms with Crippen LogP contribution >= 0.6 is 0 Å². The van der Waals surface area contributed by atoms with Gasteiger partial charge in [-0.2, -0.15) is 5.75 Å². The first-order valence-corrected chi connectivity index (χ1v) is 5.66. The Morgan fingerprint density at radius 1 is 1.45 bits per heavy atom. The topological polar surface area (TPSA) is 144 Å². The van der Waals surface area contributed by atoms with Crippen molar-refractivity contribution in [3.05, 3.63) is 29.6 Å². The van der Waals surface area contributed by atoms with Crippen LogP contribution in [0.1, 0.15) is 5.69 Å². The number of carboxylic acids is 1. The van der Waals surface area contributed by atoms with Crippen molar-refractivity contribution in [2.75, 3.05) is 18.8 Å². The number of aliphatic carboxylic acids is 1. The van der Waals surface area contributed by atoms with E-state index in [1.54, 1.807) is 0 Å². The largest absolute Gasteiger partial charge is 6.00 e. The first kappa shape index (κ1) is 21.2. The predicted octanol–water partition coefficient (Wildman–Crippen LogP) is -2.50. The monoisotopic (exact) mass is 381 g/mol. The summed E-state index contributed by atoms with van der Waals surface area (Å²) in [6.07, 6.45) is 4.13. The van der Waals surface area contributed by atoms with Gasteiger partial charge in [0.1, 0.15) is 0 Å². The molecule has 0 bridgehead atoms. The molecule has 0 spiro atoms. The van der Waals surface area contributed by atoms with Crippen LogP contribution in [0.3, 0.4) is 0 Å². The summed E-state index contributed by atoms with van der Waals surface area (Å²) in [5.74, 6) is -1.88. The van der Waals surface area contributed by atoms with Gasteiger partial charge in [-0.05, 0) is 0 Å². The normalized spacial score (nSPS) is 11.9. The van der Waals surface area contributed by atoms with Crippen molar-refractivity contribution in [1.29, 1.82) is 0 Å². The Hall–Kier alpha value is -1.06. The molecule has 10 heteroatoms. The summed E-state index contributed by atoms with van der Waals surface area (Å²) in [6, 6.07) is -1.03. The van der Waals surface area contributed by atoms with E-state index in [4.69, 9.17) is 0 Å². The Morgan fingerprint density at radius 3 is 2.65 bits per heavy atom. The van der Waals surface area contributed by atoms with Crippen molar-refractivity contribution >= 4 is 24.5 Å². The Morgan fingerprint density at radius 2 is 2.15 bits per heavy atom. The molecule has 1 aromatic heterocycles. The Bertz CT molecular complexity index is 421. The molecule has 1 radical (unpaired) electrons. The number of hydrogen-bond donors (Lipinski definition) is 0. The van der Waals surface area contributed by atoms with Crippen LogP contribution in [0.4, 0.5) is 0 Å². The molecule has 0 saturated carbocycles. The summed E-state index contributed by atoms with van der Waals surface area (Å²) in [5, 5.41) is 25.7. The SMILES string of the molecule is O=C([O-])C(C[S-])[N-]CCN=C([O-])c1cnccn1.[99Tc+6].[O-2]. The van der Waals surface area contributed by atoms with E-state index in [1.165, 1.54) is 18.6 Å². The summed E-state index contributed by atoms with van der Waals surface area (Å²) in [6.45, 7) is 0.176. The van der Waals surface area contributed by atoms with Gasteiger partial charge in [-0.3, -0.25) is 9.97 Å². The van der Waals surface area contributed by atoms with Crippen LogP contribution in [0.2, 0.25) is 0 Å². The zero-order valence-corrected chi connectivity index (χ0v) is 12.8. The van der Waals surface area contributed by atoms with E-state index in [0.29, 0.717) is 0 Å². The van der Waals surface area contributed by atoms with E-state index in [2.05, 4.69) is 32.9 Å². The van der Waals surface area contributed by atoms with Gasteiger partial charge in [0.25, 0.3) is 0 Å². The predicted molar refractivity (Wildman–Crippen MR) is 63.4 cm³/mol. The van der Waals surface area contributed by atoms with Crippen molar-refractivity contribution in [2.45, 2.75) is 6.04 Å². The summed E-state index contributed by atoms with van der Waals surface area (Å²) in [4.78, 5) is 21.7. The fraction of sp³-hybridized carbons (Fsp3) is 0.400. The van der Waals surface area contributed by atoms with Gasteiger partial charge in [0, 0.05) is 30.8 Å². The Balaban J connectivity index is 0. The van der Waals surface area contributed by atoms with Crippen molar-refractivity contribution in [2.24, 2.45) is 4.99 Å². The van der Waals surface area contributed by atoms with Crippen LogP contribution in [-0.4, -0.2) is 46.7 Å². The first-order valence-electron chi connectivity index (χ1n) is 5.08. The van der Waals surface area contributed by atoms with Crippen molar-refractivity contribution in [3.8, 4) is 0 Å². The van der Waals surface area contributed by atoms with Crippen LogP contribution in [-0.2, 0) is 43.0 Å². The number of carboxylic acid groups (broad SMARTS) is 1. The van der Waals surface area contributed by atoms with Crippen LogP contribution < -0.4 is 10.2 Å². The number of carbonyl (C=O) groups is 1. The van der Waals surface area contributed by atoms with Crippen LogP contribution in [0.15, 0.2) is 23.6 Å². The maximum Gasteiger partial charge on any atom is 6.00 e. The molecule has 1 atom stereocenters. The summed E-state index contributed by atoms with van der Waals surface area (Å²) in [7, 11) is 0. The Labute approximate surface area is 134 Å². The van der Waals surface area contributed by atoms with E-state index in [1.807, 2.05) is 0 Å². The van der Waals surface area contributed by atoms with Gasteiger partial charge in [0.05, 0.1) is 11.9 Å². The average Bonchev–Trinajstić information content (AvgIpc) is 2.39. The zero-order valence-electron chi connectivity index (χ0n) is 10.1. The average molecular weight is 381 g/mol. The molecular formula is C10H10N4O4STc. The van der Waals surface area contributed by atoms with E-state index in [-0.39, 0.29) is 50.1 Å². The number of hydrogen-bond acceptors (Lipinski definition) is 7. The number of nitrogens with zero attached hydrogens (tertiary/aromatic N) is 4. The molecule has 1 heterocycles. The van der Waals surface area contributed by atoms with Crippen LogP contribution in [0.5, 0.6) is 0 Å². The second-order valence-corrected chi connectivity index (χ2v) is 3.52. The number of aromatic nitrogens is 2. The van der Waals surface area contributed by atoms with E-state index >= 15 is 0 Å². The van der Waals surface area contributed by atoms with Crippen molar-refractivity contribution in [3.63, 3.8) is 0 Å². The van der Waals surface area contributed by atoms with E-state index in [9.17, 15) is 15.0 Å². The molecule has 0 aliphatic carbocycles. The van der Waals surface area contributed by atoms with E-state index in [0.717, 1.165) is 0 Å². The molecule has 0 saturated heterocycles. The van der Waals surface area contributed by atoms with Gasteiger partial charge in [-0.1, -0.05) is 0 Å². The molecule has 0 aromatic carbocycles. The maximum absolute atomic E-state index is 11.4.